The number of carbonyl (C=O) groups excluding carboxylic acids is 1. The molecule has 1 heterocycles. The van der Waals surface area contributed by atoms with Gasteiger partial charge in [0.05, 0.1) is 11.8 Å². The van der Waals surface area contributed by atoms with Gasteiger partial charge in [-0.05, 0) is 37.1 Å². The Labute approximate surface area is 149 Å². The van der Waals surface area contributed by atoms with Gasteiger partial charge in [0.15, 0.2) is 0 Å². The number of thioether (sulfide) groups is 1. The minimum absolute atomic E-state index is 0.00337. The molecule has 6 nitrogen and oxygen atoms in total. The van der Waals surface area contributed by atoms with Gasteiger partial charge < -0.3 is 9.73 Å². The summed E-state index contributed by atoms with van der Waals surface area (Å²) in [5, 5.41) is 20.7. The molecule has 0 aliphatic carbocycles. The molecule has 1 N–H and O–H groups in total. The number of nitrogens with one attached hydrogen (secondary N) is 1. The zero-order chi connectivity index (χ0) is 17.7. The van der Waals surface area contributed by atoms with Crippen molar-refractivity contribution in [2.24, 2.45) is 5.92 Å². The predicted molar refractivity (Wildman–Crippen MR) is 92.5 cm³/mol. The standard InChI is InChI=1S/C16H17ClN4O2S/c1-10(2)16(3,9-18)19-13(22)8-24-15-21-20-14(23-15)11-4-6-12(17)7-5-11/h4-7,10H,8H2,1-3H3,(H,19,22). The second kappa shape index (κ2) is 7.69. The first kappa shape index (κ1) is 18.3. The number of amides is 1. The maximum absolute atomic E-state index is 12.0. The third-order valence-corrected chi connectivity index (χ3v) is 4.68. The van der Waals surface area contributed by atoms with E-state index in [1.165, 1.54) is 0 Å². The summed E-state index contributed by atoms with van der Waals surface area (Å²) in [5.41, 5.74) is -0.152. The topological polar surface area (TPSA) is 91.8 Å². The Kier molecular flexibility index (Phi) is 5.86. The van der Waals surface area contributed by atoms with Crippen LogP contribution < -0.4 is 5.32 Å². The molecule has 24 heavy (non-hydrogen) atoms. The van der Waals surface area contributed by atoms with Crippen LogP contribution in [-0.2, 0) is 4.79 Å². The SMILES string of the molecule is CC(C)C(C)(C#N)NC(=O)CSc1nnc(-c2ccc(Cl)cc2)o1. The number of aromatic nitrogens is 2. The van der Waals surface area contributed by atoms with Crippen molar-refractivity contribution in [1.29, 1.82) is 5.26 Å². The van der Waals surface area contributed by atoms with Crippen molar-refractivity contribution in [2.75, 3.05) is 5.75 Å². The minimum Gasteiger partial charge on any atom is -0.411 e. The molecule has 0 fully saturated rings. The van der Waals surface area contributed by atoms with Gasteiger partial charge in [-0.2, -0.15) is 5.26 Å². The Morgan fingerprint density at radius 1 is 1.42 bits per heavy atom. The van der Waals surface area contributed by atoms with Gasteiger partial charge in [0.2, 0.25) is 11.8 Å². The highest BCUT2D eigenvalue weighted by Crippen LogP contribution is 2.24. The van der Waals surface area contributed by atoms with Crippen molar-refractivity contribution < 1.29 is 9.21 Å². The van der Waals surface area contributed by atoms with Crippen LogP contribution >= 0.6 is 23.4 Å². The van der Waals surface area contributed by atoms with Crippen LogP contribution in [0, 0.1) is 17.2 Å². The second-order valence-corrected chi connectivity index (χ2v) is 7.05. The van der Waals surface area contributed by atoms with E-state index in [-0.39, 0.29) is 17.6 Å². The van der Waals surface area contributed by atoms with E-state index in [1.807, 2.05) is 13.8 Å². The van der Waals surface area contributed by atoms with E-state index < -0.39 is 5.54 Å². The summed E-state index contributed by atoms with van der Waals surface area (Å²) < 4.78 is 5.52. The summed E-state index contributed by atoms with van der Waals surface area (Å²) >= 11 is 6.96. The lowest BCUT2D eigenvalue weighted by molar-refractivity contribution is -0.120. The van der Waals surface area contributed by atoms with Gasteiger partial charge >= 0.3 is 0 Å². The molecule has 0 saturated heterocycles. The van der Waals surface area contributed by atoms with Crippen molar-refractivity contribution in [3.05, 3.63) is 29.3 Å². The maximum atomic E-state index is 12.0. The van der Waals surface area contributed by atoms with Crippen molar-refractivity contribution in [3.8, 4) is 17.5 Å². The Bertz CT molecular complexity index is 754. The molecular formula is C16H17ClN4O2S. The lowest BCUT2D eigenvalue weighted by atomic mass is 9.90. The van der Waals surface area contributed by atoms with E-state index in [2.05, 4.69) is 21.6 Å². The third kappa shape index (κ3) is 4.49. The summed E-state index contributed by atoms with van der Waals surface area (Å²) in [4.78, 5) is 12.0. The Morgan fingerprint density at radius 2 is 2.08 bits per heavy atom. The fraction of sp³-hybridized carbons (Fsp3) is 0.375. The first-order valence-electron chi connectivity index (χ1n) is 7.28. The Balaban J connectivity index is 1.95. The molecule has 1 aromatic heterocycles. The first-order chi connectivity index (χ1) is 11.3. The van der Waals surface area contributed by atoms with Gasteiger partial charge in [-0.3, -0.25) is 4.79 Å². The number of rotatable bonds is 6. The zero-order valence-corrected chi connectivity index (χ0v) is 15.1. The molecule has 2 aromatic rings. The molecule has 0 aliphatic rings. The number of hydrogen-bond donors (Lipinski definition) is 1. The molecule has 0 aliphatic heterocycles. The summed E-state index contributed by atoms with van der Waals surface area (Å²) in [6.45, 7) is 5.46. The fourth-order valence-electron chi connectivity index (χ4n) is 1.73. The maximum Gasteiger partial charge on any atom is 0.277 e. The molecule has 1 amide bonds. The molecule has 1 aromatic carbocycles. The van der Waals surface area contributed by atoms with E-state index in [9.17, 15) is 10.1 Å². The lowest BCUT2D eigenvalue weighted by Gasteiger charge is -2.27. The highest BCUT2D eigenvalue weighted by molar-refractivity contribution is 7.99. The van der Waals surface area contributed by atoms with E-state index in [0.717, 1.165) is 17.3 Å². The molecular weight excluding hydrogens is 348 g/mol. The van der Waals surface area contributed by atoms with Crippen molar-refractivity contribution in [1.82, 2.24) is 15.5 Å². The zero-order valence-electron chi connectivity index (χ0n) is 13.5. The largest absolute Gasteiger partial charge is 0.411 e. The van der Waals surface area contributed by atoms with E-state index in [0.29, 0.717) is 16.1 Å². The highest BCUT2D eigenvalue weighted by Gasteiger charge is 2.30. The molecule has 2 rings (SSSR count). The number of nitriles is 1. The monoisotopic (exact) mass is 364 g/mol. The summed E-state index contributed by atoms with van der Waals surface area (Å²) in [6, 6.07) is 9.15. The van der Waals surface area contributed by atoms with Crippen LogP contribution in [-0.4, -0.2) is 27.4 Å². The molecule has 1 unspecified atom stereocenters. The molecule has 0 bridgehead atoms. The third-order valence-electron chi connectivity index (χ3n) is 3.61. The first-order valence-corrected chi connectivity index (χ1v) is 8.65. The number of nitrogens with zero attached hydrogens (tertiary/aromatic N) is 3. The van der Waals surface area contributed by atoms with Crippen LogP contribution in [0.2, 0.25) is 5.02 Å². The average Bonchev–Trinajstić information content (AvgIpc) is 3.02. The van der Waals surface area contributed by atoms with Gasteiger partial charge in [-0.15, -0.1) is 10.2 Å². The normalized spacial score (nSPS) is 13.3. The van der Waals surface area contributed by atoms with Crippen molar-refractivity contribution >= 4 is 29.3 Å². The van der Waals surface area contributed by atoms with Gasteiger partial charge in [0, 0.05) is 10.6 Å². The molecule has 8 heteroatoms. The summed E-state index contributed by atoms with van der Waals surface area (Å²) in [6.07, 6.45) is 0. The molecule has 0 radical (unpaired) electrons. The Morgan fingerprint density at radius 3 is 2.67 bits per heavy atom. The van der Waals surface area contributed by atoms with Gasteiger partial charge in [-0.25, -0.2) is 0 Å². The van der Waals surface area contributed by atoms with E-state index in [4.69, 9.17) is 16.0 Å². The summed E-state index contributed by atoms with van der Waals surface area (Å²) in [5.74, 6) is 0.186. The number of halogens is 1. The molecule has 1 atom stereocenters. The molecule has 126 valence electrons. The van der Waals surface area contributed by atoms with Crippen LogP contribution in [0.3, 0.4) is 0 Å². The van der Waals surface area contributed by atoms with Crippen molar-refractivity contribution in [3.63, 3.8) is 0 Å². The fourth-order valence-corrected chi connectivity index (χ4v) is 2.42. The van der Waals surface area contributed by atoms with Gasteiger partial charge in [0.1, 0.15) is 5.54 Å². The molecule has 0 saturated carbocycles. The van der Waals surface area contributed by atoms with Crippen LogP contribution in [0.4, 0.5) is 0 Å². The highest BCUT2D eigenvalue weighted by atomic mass is 35.5. The van der Waals surface area contributed by atoms with E-state index >= 15 is 0 Å². The second-order valence-electron chi connectivity index (χ2n) is 5.69. The van der Waals surface area contributed by atoms with Crippen molar-refractivity contribution in [2.45, 2.75) is 31.5 Å². The number of benzene rings is 1. The summed E-state index contributed by atoms with van der Waals surface area (Å²) in [7, 11) is 0. The number of carbonyl (C=O) groups is 1. The van der Waals surface area contributed by atoms with Gasteiger partial charge in [0.25, 0.3) is 5.22 Å². The lowest BCUT2D eigenvalue weighted by Crippen LogP contribution is -2.49. The molecule has 0 spiro atoms. The minimum atomic E-state index is -0.902. The smallest absolute Gasteiger partial charge is 0.277 e. The predicted octanol–water partition coefficient (Wildman–Crippen LogP) is 3.54. The van der Waals surface area contributed by atoms with Gasteiger partial charge in [-0.1, -0.05) is 37.2 Å². The average molecular weight is 365 g/mol. The number of hydrogen-bond acceptors (Lipinski definition) is 6. The van der Waals surface area contributed by atoms with Crippen LogP contribution in [0.5, 0.6) is 0 Å². The Hall–Kier alpha value is -2.04. The van der Waals surface area contributed by atoms with Crippen LogP contribution in [0.15, 0.2) is 33.9 Å². The van der Waals surface area contributed by atoms with E-state index in [1.54, 1.807) is 31.2 Å². The van der Waals surface area contributed by atoms with Crippen LogP contribution in [0.1, 0.15) is 20.8 Å². The van der Waals surface area contributed by atoms with Crippen LogP contribution in [0.25, 0.3) is 11.5 Å². The quantitative estimate of drug-likeness (QED) is 0.788.